The molecule has 0 unspecified atom stereocenters. The molecule has 0 atom stereocenters. The highest BCUT2D eigenvalue weighted by atomic mass is 79.9. The third kappa shape index (κ3) is 2.80. The molecule has 6 heteroatoms. The van der Waals surface area contributed by atoms with Crippen LogP contribution in [-0.4, -0.2) is 43.9 Å². The molecule has 0 N–H and O–H groups in total. The maximum absolute atomic E-state index is 12.3. The van der Waals surface area contributed by atoms with Gasteiger partial charge in [0.1, 0.15) is 5.56 Å². The van der Waals surface area contributed by atoms with Crippen LogP contribution >= 0.6 is 15.9 Å². The summed E-state index contributed by atoms with van der Waals surface area (Å²) in [6.45, 7) is 4.93. The summed E-state index contributed by atoms with van der Waals surface area (Å²) in [5.41, 5.74) is 2.23. The van der Waals surface area contributed by atoms with E-state index in [1.165, 1.54) is 0 Å². The van der Waals surface area contributed by atoms with Gasteiger partial charge in [-0.15, -0.1) is 0 Å². The van der Waals surface area contributed by atoms with Crippen molar-refractivity contribution >= 4 is 38.5 Å². The van der Waals surface area contributed by atoms with Crippen molar-refractivity contribution in [2.24, 2.45) is 0 Å². The lowest BCUT2D eigenvalue weighted by molar-refractivity contribution is 0.0526. The van der Waals surface area contributed by atoms with Crippen LogP contribution in [0.5, 0.6) is 0 Å². The number of carbonyl (C=O) groups is 1. The lowest BCUT2D eigenvalue weighted by Crippen LogP contribution is -2.37. The average Bonchev–Trinajstić information content (AvgIpc) is 2.55. The van der Waals surface area contributed by atoms with E-state index < -0.39 is 0 Å². The van der Waals surface area contributed by atoms with Crippen LogP contribution in [0.4, 0.5) is 5.69 Å². The van der Waals surface area contributed by atoms with E-state index in [1.54, 1.807) is 13.1 Å². The van der Waals surface area contributed by atoms with Crippen LogP contribution in [-0.2, 0) is 9.47 Å². The number of carbonyl (C=O) groups excluding carboxylic acids is 1. The number of pyridine rings is 1. The fraction of sp³-hybridized carbons (Fsp3) is 0.375. The molecule has 22 heavy (non-hydrogen) atoms. The van der Waals surface area contributed by atoms with Crippen LogP contribution in [0.1, 0.15) is 17.3 Å². The highest BCUT2D eigenvalue weighted by molar-refractivity contribution is 9.10. The number of halogens is 1. The molecule has 1 aromatic carbocycles. The standard InChI is InChI=1S/C16H17BrN2O3/c1-2-22-16(20)11-10-18-13-5-3-4-12(17)14(13)15(11)19-6-8-21-9-7-19/h3-5,10H,2,6-9H2,1H3. The predicted octanol–water partition coefficient (Wildman–Crippen LogP) is 3.01. The molecule has 0 amide bonds. The van der Waals surface area contributed by atoms with E-state index in [2.05, 4.69) is 25.8 Å². The van der Waals surface area contributed by atoms with E-state index in [1.807, 2.05) is 18.2 Å². The number of hydrogen-bond donors (Lipinski definition) is 0. The van der Waals surface area contributed by atoms with Crippen molar-refractivity contribution in [3.05, 3.63) is 34.4 Å². The zero-order valence-corrected chi connectivity index (χ0v) is 13.9. The molecule has 1 saturated heterocycles. The number of fused-ring (bicyclic) bond motifs is 1. The summed E-state index contributed by atoms with van der Waals surface area (Å²) in [5, 5.41) is 0.940. The Morgan fingerprint density at radius 2 is 2.18 bits per heavy atom. The lowest BCUT2D eigenvalue weighted by atomic mass is 10.1. The summed E-state index contributed by atoms with van der Waals surface area (Å²) in [5.74, 6) is -0.339. The molecule has 0 aliphatic carbocycles. The maximum Gasteiger partial charge on any atom is 0.341 e. The number of benzene rings is 1. The van der Waals surface area contributed by atoms with Gasteiger partial charge in [0.15, 0.2) is 0 Å². The number of hydrogen-bond acceptors (Lipinski definition) is 5. The highest BCUT2D eigenvalue weighted by Crippen LogP contribution is 2.35. The SMILES string of the molecule is CCOC(=O)c1cnc2cccc(Br)c2c1N1CCOCC1. The zero-order chi connectivity index (χ0) is 15.5. The second kappa shape index (κ2) is 6.62. The Labute approximate surface area is 137 Å². The van der Waals surface area contributed by atoms with Gasteiger partial charge < -0.3 is 14.4 Å². The van der Waals surface area contributed by atoms with E-state index in [4.69, 9.17) is 9.47 Å². The predicted molar refractivity (Wildman–Crippen MR) is 88.4 cm³/mol. The summed E-state index contributed by atoms with van der Waals surface area (Å²) >= 11 is 3.59. The minimum Gasteiger partial charge on any atom is -0.462 e. The van der Waals surface area contributed by atoms with Gasteiger partial charge in [-0.2, -0.15) is 0 Å². The molecule has 1 aromatic heterocycles. The van der Waals surface area contributed by atoms with E-state index in [0.29, 0.717) is 25.4 Å². The molecule has 3 rings (SSSR count). The Hall–Kier alpha value is -1.66. The van der Waals surface area contributed by atoms with E-state index in [-0.39, 0.29) is 5.97 Å². The van der Waals surface area contributed by atoms with Gasteiger partial charge in [0, 0.05) is 29.1 Å². The molecular weight excluding hydrogens is 348 g/mol. The summed E-state index contributed by atoms with van der Waals surface area (Å²) < 4.78 is 11.5. The van der Waals surface area contributed by atoms with Crippen molar-refractivity contribution < 1.29 is 14.3 Å². The fourth-order valence-corrected chi connectivity index (χ4v) is 3.20. The Bertz CT molecular complexity index is 699. The Morgan fingerprint density at radius 1 is 1.41 bits per heavy atom. The van der Waals surface area contributed by atoms with E-state index in [9.17, 15) is 4.79 Å². The Balaban J connectivity index is 2.21. The second-order valence-corrected chi connectivity index (χ2v) is 5.83. The molecule has 0 radical (unpaired) electrons. The first-order chi connectivity index (χ1) is 10.7. The fourth-order valence-electron chi connectivity index (χ4n) is 2.66. The first-order valence-electron chi connectivity index (χ1n) is 7.29. The number of rotatable bonds is 3. The molecule has 1 fully saturated rings. The maximum atomic E-state index is 12.3. The molecule has 0 bridgehead atoms. The minimum absolute atomic E-state index is 0.339. The molecule has 116 valence electrons. The minimum atomic E-state index is -0.339. The first kappa shape index (κ1) is 15.2. The van der Waals surface area contributed by atoms with E-state index >= 15 is 0 Å². The number of aromatic nitrogens is 1. The van der Waals surface area contributed by atoms with Crippen LogP contribution in [0.3, 0.4) is 0 Å². The van der Waals surface area contributed by atoms with Crippen LogP contribution in [0.25, 0.3) is 10.9 Å². The number of esters is 1. The van der Waals surface area contributed by atoms with Crippen molar-refractivity contribution in [2.45, 2.75) is 6.92 Å². The largest absolute Gasteiger partial charge is 0.462 e. The molecular formula is C16H17BrN2O3. The number of morpholine rings is 1. The van der Waals surface area contributed by atoms with Gasteiger partial charge in [-0.25, -0.2) is 4.79 Å². The summed E-state index contributed by atoms with van der Waals surface area (Å²) in [6.07, 6.45) is 1.61. The molecule has 0 spiro atoms. The number of nitrogens with zero attached hydrogens (tertiary/aromatic N) is 2. The quantitative estimate of drug-likeness (QED) is 0.783. The molecule has 2 heterocycles. The topological polar surface area (TPSA) is 51.7 Å². The summed E-state index contributed by atoms with van der Waals surface area (Å²) in [4.78, 5) is 18.9. The van der Waals surface area contributed by atoms with Crippen LogP contribution in [0.15, 0.2) is 28.9 Å². The average molecular weight is 365 g/mol. The lowest BCUT2D eigenvalue weighted by Gasteiger charge is -2.31. The Kier molecular flexibility index (Phi) is 4.59. The van der Waals surface area contributed by atoms with Gasteiger partial charge >= 0.3 is 5.97 Å². The van der Waals surface area contributed by atoms with Crippen molar-refractivity contribution in [1.82, 2.24) is 4.98 Å². The van der Waals surface area contributed by atoms with Gasteiger partial charge in [0.2, 0.25) is 0 Å². The first-order valence-corrected chi connectivity index (χ1v) is 8.08. The molecule has 1 aliphatic heterocycles. The van der Waals surface area contributed by atoms with Gasteiger partial charge in [0.25, 0.3) is 0 Å². The number of ether oxygens (including phenoxy) is 2. The molecule has 0 saturated carbocycles. The van der Waals surface area contributed by atoms with Crippen LogP contribution in [0, 0.1) is 0 Å². The molecule has 5 nitrogen and oxygen atoms in total. The van der Waals surface area contributed by atoms with Crippen LogP contribution < -0.4 is 4.90 Å². The van der Waals surface area contributed by atoms with Crippen molar-refractivity contribution in [2.75, 3.05) is 37.8 Å². The monoisotopic (exact) mass is 364 g/mol. The smallest absolute Gasteiger partial charge is 0.341 e. The van der Waals surface area contributed by atoms with Gasteiger partial charge in [-0.05, 0) is 19.1 Å². The van der Waals surface area contributed by atoms with Gasteiger partial charge in [0.05, 0.1) is 31.0 Å². The van der Waals surface area contributed by atoms with Crippen molar-refractivity contribution in [3.63, 3.8) is 0 Å². The third-order valence-corrected chi connectivity index (χ3v) is 4.30. The van der Waals surface area contributed by atoms with Crippen molar-refractivity contribution in [1.29, 1.82) is 0 Å². The number of anilines is 1. The Morgan fingerprint density at radius 3 is 2.91 bits per heavy atom. The molecule has 1 aliphatic rings. The second-order valence-electron chi connectivity index (χ2n) is 4.97. The van der Waals surface area contributed by atoms with Crippen LogP contribution in [0.2, 0.25) is 0 Å². The zero-order valence-electron chi connectivity index (χ0n) is 12.3. The highest BCUT2D eigenvalue weighted by Gasteiger charge is 2.24. The van der Waals surface area contributed by atoms with Gasteiger partial charge in [-0.3, -0.25) is 4.98 Å². The normalized spacial score (nSPS) is 15.1. The third-order valence-electron chi connectivity index (χ3n) is 3.64. The molecule has 2 aromatic rings. The van der Waals surface area contributed by atoms with Crippen molar-refractivity contribution in [3.8, 4) is 0 Å². The summed E-state index contributed by atoms with van der Waals surface area (Å²) in [7, 11) is 0. The van der Waals surface area contributed by atoms with Gasteiger partial charge in [-0.1, -0.05) is 22.0 Å². The van der Waals surface area contributed by atoms with E-state index in [0.717, 1.165) is 34.2 Å². The summed E-state index contributed by atoms with van der Waals surface area (Å²) in [6, 6.07) is 5.84.